The van der Waals surface area contributed by atoms with E-state index in [0.29, 0.717) is 39.3 Å². The molecule has 7 nitrogen and oxygen atoms in total. The molecule has 0 spiro atoms. The number of rotatable bonds is 9. The number of halogens is 2. The summed E-state index contributed by atoms with van der Waals surface area (Å²) in [7, 11) is 0. The molecule has 3 aromatic carbocycles. The number of carbonyl (C=O) groups is 3. The van der Waals surface area contributed by atoms with Gasteiger partial charge in [0.25, 0.3) is 17.1 Å². The zero-order chi connectivity index (χ0) is 27.2. The SMILES string of the molecule is CCOc1cc(/C=C2\SC(=O)N(Cc3ccc(I)cc3)C2=O)ccc1OCC(=O)Nc1ccc(C)c(Cl)c1. The molecule has 196 valence electrons. The van der Waals surface area contributed by atoms with E-state index < -0.39 is 0 Å². The van der Waals surface area contributed by atoms with Crippen molar-refractivity contribution < 1.29 is 23.9 Å². The van der Waals surface area contributed by atoms with Gasteiger partial charge in [0.2, 0.25) is 0 Å². The fourth-order valence-corrected chi connectivity index (χ4v) is 4.95. The molecule has 0 radical (unpaired) electrons. The normalized spacial score (nSPS) is 14.2. The zero-order valence-electron chi connectivity index (χ0n) is 20.6. The minimum atomic E-state index is -0.349. The molecule has 0 aromatic heterocycles. The van der Waals surface area contributed by atoms with Crippen molar-refractivity contribution in [3.05, 3.63) is 90.9 Å². The third-order valence-corrected chi connectivity index (χ3v) is 7.54. The number of nitrogens with one attached hydrogen (secondary N) is 1. The highest BCUT2D eigenvalue weighted by Crippen LogP contribution is 2.35. The van der Waals surface area contributed by atoms with Crippen molar-refractivity contribution in [3.8, 4) is 11.5 Å². The van der Waals surface area contributed by atoms with Gasteiger partial charge in [0.15, 0.2) is 18.1 Å². The van der Waals surface area contributed by atoms with Crippen LogP contribution < -0.4 is 14.8 Å². The van der Waals surface area contributed by atoms with E-state index in [1.54, 1.807) is 36.4 Å². The standard InChI is InChI=1S/C28H24ClIN2O5S/c1-3-36-24-12-19(7-11-23(24)37-16-26(33)31-21-10-4-17(2)22(29)14-21)13-25-27(34)32(28(35)38-25)15-18-5-8-20(30)9-6-18/h4-14H,3,15-16H2,1-2H3,(H,31,33)/b25-13-. The van der Waals surface area contributed by atoms with Gasteiger partial charge < -0.3 is 14.8 Å². The topological polar surface area (TPSA) is 84.9 Å². The molecule has 3 aromatic rings. The quantitative estimate of drug-likeness (QED) is 0.198. The largest absolute Gasteiger partial charge is 0.490 e. The number of hydrogen-bond acceptors (Lipinski definition) is 6. The van der Waals surface area contributed by atoms with E-state index in [4.69, 9.17) is 21.1 Å². The Morgan fingerprint density at radius 2 is 1.82 bits per heavy atom. The minimum Gasteiger partial charge on any atom is -0.490 e. The smallest absolute Gasteiger partial charge is 0.293 e. The molecular formula is C28H24ClIN2O5S. The van der Waals surface area contributed by atoms with Crippen molar-refractivity contribution >= 4 is 74.8 Å². The van der Waals surface area contributed by atoms with Crippen molar-refractivity contribution in [3.63, 3.8) is 0 Å². The van der Waals surface area contributed by atoms with Gasteiger partial charge >= 0.3 is 0 Å². The predicted molar refractivity (Wildman–Crippen MR) is 159 cm³/mol. The molecule has 10 heteroatoms. The van der Waals surface area contributed by atoms with Crippen molar-refractivity contribution in [2.24, 2.45) is 0 Å². The average molecular weight is 663 g/mol. The van der Waals surface area contributed by atoms with Crippen molar-refractivity contribution in [2.75, 3.05) is 18.5 Å². The average Bonchev–Trinajstić information content (AvgIpc) is 3.14. The van der Waals surface area contributed by atoms with Crippen LogP contribution in [0.25, 0.3) is 6.08 Å². The number of aryl methyl sites for hydroxylation is 1. The Balaban J connectivity index is 1.43. The van der Waals surface area contributed by atoms with Gasteiger partial charge in [-0.3, -0.25) is 19.3 Å². The van der Waals surface area contributed by atoms with Crippen LogP contribution in [0.3, 0.4) is 0 Å². The lowest BCUT2D eigenvalue weighted by Gasteiger charge is -2.13. The van der Waals surface area contributed by atoms with E-state index in [0.717, 1.165) is 26.5 Å². The third kappa shape index (κ3) is 7.09. The van der Waals surface area contributed by atoms with E-state index >= 15 is 0 Å². The first kappa shape index (κ1) is 28.0. The summed E-state index contributed by atoms with van der Waals surface area (Å²) in [4.78, 5) is 39.4. The van der Waals surface area contributed by atoms with Gasteiger partial charge in [0.1, 0.15) is 0 Å². The van der Waals surface area contributed by atoms with Crippen LogP contribution in [0.1, 0.15) is 23.6 Å². The number of amides is 3. The van der Waals surface area contributed by atoms with E-state index in [9.17, 15) is 14.4 Å². The van der Waals surface area contributed by atoms with Gasteiger partial charge in [0.05, 0.1) is 18.1 Å². The van der Waals surface area contributed by atoms with Gasteiger partial charge in [-0.15, -0.1) is 0 Å². The van der Waals surface area contributed by atoms with Gasteiger partial charge in [-0.25, -0.2) is 0 Å². The van der Waals surface area contributed by atoms with Gasteiger partial charge in [-0.1, -0.05) is 35.9 Å². The Labute approximate surface area is 243 Å². The zero-order valence-corrected chi connectivity index (χ0v) is 24.4. The van der Waals surface area contributed by atoms with E-state index in [-0.39, 0.29) is 30.2 Å². The number of carbonyl (C=O) groups excluding carboxylic acids is 3. The summed E-state index contributed by atoms with van der Waals surface area (Å²) in [5.74, 6) is 0.112. The highest BCUT2D eigenvalue weighted by Gasteiger charge is 2.35. The van der Waals surface area contributed by atoms with Gasteiger partial charge in [0, 0.05) is 14.3 Å². The van der Waals surface area contributed by atoms with Crippen molar-refractivity contribution in [1.82, 2.24) is 4.90 Å². The fraction of sp³-hybridized carbons (Fsp3) is 0.179. The maximum Gasteiger partial charge on any atom is 0.293 e. The first-order chi connectivity index (χ1) is 18.2. The second-order valence-corrected chi connectivity index (χ2v) is 11.0. The van der Waals surface area contributed by atoms with Crippen LogP contribution in [0.2, 0.25) is 5.02 Å². The summed E-state index contributed by atoms with van der Waals surface area (Å²) in [6.07, 6.45) is 1.65. The van der Waals surface area contributed by atoms with E-state index in [1.165, 1.54) is 4.90 Å². The van der Waals surface area contributed by atoms with Crippen LogP contribution in [0, 0.1) is 10.5 Å². The summed E-state index contributed by atoms with van der Waals surface area (Å²) in [6.45, 7) is 4.07. The summed E-state index contributed by atoms with van der Waals surface area (Å²) in [5.41, 5.74) is 3.03. The second kappa shape index (κ2) is 12.7. The van der Waals surface area contributed by atoms with Gasteiger partial charge in [-0.05, 0) is 107 Å². The second-order valence-electron chi connectivity index (χ2n) is 8.33. The molecule has 3 amide bonds. The van der Waals surface area contributed by atoms with Crippen LogP contribution >= 0.6 is 46.0 Å². The summed E-state index contributed by atoms with van der Waals surface area (Å²) >= 11 is 9.23. The Morgan fingerprint density at radius 1 is 1.05 bits per heavy atom. The third-order valence-electron chi connectivity index (χ3n) is 5.51. The molecule has 1 aliphatic rings. The lowest BCUT2D eigenvalue weighted by Crippen LogP contribution is -2.27. The highest BCUT2D eigenvalue weighted by molar-refractivity contribution is 14.1. The first-order valence-corrected chi connectivity index (χ1v) is 14.0. The van der Waals surface area contributed by atoms with Crippen LogP contribution in [0.5, 0.6) is 11.5 Å². The van der Waals surface area contributed by atoms with Crippen LogP contribution in [0.15, 0.2) is 65.6 Å². The lowest BCUT2D eigenvalue weighted by atomic mass is 10.1. The van der Waals surface area contributed by atoms with E-state index in [1.807, 2.05) is 44.2 Å². The molecule has 1 fully saturated rings. The van der Waals surface area contributed by atoms with Gasteiger partial charge in [-0.2, -0.15) is 0 Å². The number of nitrogens with zero attached hydrogens (tertiary/aromatic N) is 1. The minimum absolute atomic E-state index is 0.215. The molecule has 0 aliphatic carbocycles. The molecule has 1 heterocycles. The number of ether oxygens (including phenoxy) is 2. The van der Waals surface area contributed by atoms with Crippen LogP contribution in [0.4, 0.5) is 10.5 Å². The van der Waals surface area contributed by atoms with Crippen LogP contribution in [-0.2, 0) is 16.1 Å². The number of hydrogen-bond donors (Lipinski definition) is 1. The fourth-order valence-electron chi connectivity index (χ4n) is 3.57. The Morgan fingerprint density at radius 3 is 2.53 bits per heavy atom. The van der Waals surface area contributed by atoms with E-state index in [2.05, 4.69) is 27.9 Å². The molecule has 38 heavy (non-hydrogen) atoms. The summed E-state index contributed by atoms with van der Waals surface area (Å²) in [5, 5.41) is 3.00. The Kier molecular flexibility index (Phi) is 9.35. The number of benzene rings is 3. The maximum absolute atomic E-state index is 12.9. The van der Waals surface area contributed by atoms with Crippen molar-refractivity contribution in [1.29, 1.82) is 0 Å². The highest BCUT2D eigenvalue weighted by atomic mass is 127. The summed E-state index contributed by atoms with van der Waals surface area (Å²) in [6, 6.07) is 18.1. The maximum atomic E-state index is 12.9. The molecule has 0 saturated carbocycles. The number of thioether (sulfide) groups is 1. The first-order valence-electron chi connectivity index (χ1n) is 11.7. The molecule has 0 bridgehead atoms. The van der Waals surface area contributed by atoms with Crippen LogP contribution in [-0.4, -0.2) is 35.2 Å². The Bertz CT molecular complexity index is 1410. The monoisotopic (exact) mass is 662 g/mol. The lowest BCUT2D eigenvalue weighted by molar-refractivity contribution is -0.123. The molecule has 4 rings (SSSR count). The number of imide groups is 1. The van der Waals surface area contributed by atoms with Crippen molar-refractivity contribution in [2.45, 2.75) is 20.4 Å². The molecule has 1 N–H and O–H groups in total. The predicted octanol–water partition coefficient (Wildman–Crippen LogP) is 6.91. The molecule has 1 aliphatic heterocycles. The molecular weight excluding hydrogens is 639 g/mol. The Hall–Kier alpha value is -3.02. The summed E-state index contributed by atoms with van der Waals surface area (Å²) < 4.78 is 12.5. The molecule has 1 saturated heterocycles. The molecule has 0 unspecified atom stereocenters. The number of anilines is 1. The molecule has 0 atom stereocenters.